The van der Waals surface area contributed by atoms with Gasteiger partial charge in [0, 0.05) is 41.5 Å². The van der Waals surface area contributed by atoms with Gasteiger partial charge in [0.15, 0.2) is 0 Å². The van der Waals surface area contributed by atoms with Crippen molar-refractivity contribution in [3.05, 3.63) is 64.0 Å². The fourth-order valence-corrected chi connectivity index (χ4v) is 4.55. The van der Waals surface area contributed by atoms with Crippen LogP contribution in [0.5, 0.6) is 11.6 Å². The number of nitrogens with one attached hydrogen (secondary N) is 1. The van der Waals surface area contributed by atoms with E-state index in [0.29, 0.717) is 57.3 Å². The Hall–Kier alpha value is -3.38. The molecule has 2 atom stereocenters. The first-order chi connectivity index (χ1) is 16.5. The molecule has 1 fully saturated rings. The Morgan fingerprint density at radius 3 is 2.76 bits per heavy atom. The number of hydrogen-bond donors (Lipinski definition) is 1. The van der Waals surface area contributed by atoms with Crippen LogP contribution in [0.25, 0.3) is 22.2 Å². The number of hydrogen-bond acceptors (Lipinski definition) is 7. The quantitative estimate of drug-likeness (QED) is 0.375. The highest BCUT2D eigenvalue weighted by Gasteiger charge is 2.21. The summed E-state index contributed by atoms with van der Waals surface area (Å²) in [5.74, 6) is 0.909. The van der Waals surface area contributed by atoms with Gasteiger partial charge in [0.05, 0.1) is 28.8 Å². The van der Waals surface area contributed by atoms with Crippen molar-refractivity contribution in [2.75, 3.05) is 13.2 Å². The molecule has 0 radical (unpaired) electrons. The standard InChI is InChI=1S/C24H19Cl2N5O3/c1-13(22-19(25)10-28-11-20(22)26)33-16-2-3-21-18(7-16)23(31-30-21)15-6-14(8-27)24(29-9-15)34-17-4-5-32-12-17/h2-3,6-7,9-11,13,17H,4-5,12H2,1H3,(H,30,31)/t13-,17+/m1/s1. The molecule has 0 unspecified atom stereocenters. The second kappa shape index (κ2) is 9.47. The van der Waals surface area contributed by atoms with E-state index in [2.05, 4.69) is 26.2 Å². The molecular weight excluding hydrogens is 477 g/mol. The zero-order chi connectivity index (χ0) is 23.7. The van der Waals surface area contributed by atoms with E-state index in [-0.39, 0.29) is 6.10 Å². The van der Waals surface area contributed by atoms with Gasteiger partial charge in [-0.05, 0) is 31.2 Å². The molecule has 8 nitrogen and oxygen atoms in total. The second-order valence-corrected chi connectivity index (χ2v) is 8.66. The van der Waals surface area contributed by atoms with Gasteiger partial charge in [0.2, 0.25) is 5.88 Å². The van der Waals surface area contributed by atoms with Crippen LogP contribution >= 0.6 is 23.2 Å². The molecule has 34 heavy (non-hydrogen) atoms. The highest BCUT2D eigenvalue weighted by Crippen LogP contribution is 2.35. The number of ether oxygens (including phenoxy) is 3. The number of H-pyrrole nitrogens is 1. The molecule has 0 amide bonds. The molecule has 10 heteroatoms. The fourth-order valence-electron chi connectivity index (χ4n) is 3.88. The molecule has 172 valence electrons. The Kier molecular flexibility index (Phi) is 6.24. The molecule has 1 aliphatic rings. The number of aromatic amines is 1. The van der Waals surface area contributed by atoms with Crippen molar-refractivity contribution in [2.24, 2.45) is 0 Å². The van der Waals surface area contributed by atoms with Crippen LogP contribution in [0.4, 0.5) is 0 Å². The van der Waals surface area contributed by atoms with Crippen LogP contribution in [0.1, 0.15) is 30.6 Å². The van der Waals surface area contributed by atoms with Gasteiger partial charge in [-0.2, -0.15) is 10.4 Å². The van der Waals surface area contributed by atoms with Crippen LogP contribution in [-0.4, -0.2) is 39.5 Å². The van der Waals surface area contributed by atoms with Crippen molar-refractivity contribution in [1.82, 2.24) is 20.2 Å². The number of halogens is 2. The van der Waals surface area contributed by atoms with Crippen LogP contribution in [0, 0.1) is 11.3 Å². The number of nitrogens with zero attached hydrogens (tertiary/aromatic N) is 4. The maximum absolute atomic E-state index is 9.65. The molecule has 4 heterocycles. The number of benzene rings is 1. The highest BCUT2D eigenvalue weighted by molar-refractivity contribution is 6.35. The van der Waals surface area contributed by atoms with Gasteiger partial charge in [-0.15, -0.1) is 0 Å². The monoisotopic (exact) mass is 495 g/mol. The molecule has 1 aliphatic heterocycles. The van der Waals surface area contributed by atoms with Crippen LogP contribution in [0.2, 0.25) is 10.0 Å². The van der Waals surface area contributed by atoms with Gasteiger partial charge in [0.1, 0.15) is 35.3 Å². The molecular formula is C24H19Cl2N5O3. The number of rotatable bonds is 6. The van der Waals surface area contributed by atoms with E-state index in [1.54, 1.807) is 12.3 Å². The van der Waals surface area contributed by atoms with Crippen molar-refractivity contribution in [2.45, 2.75) is 25.6 Å². The Balaban J connectivity index is 1.45. The summed E-state index contributed by atoms with van der Waals surface area (Å²) in [5.41, 5.74) is 3.15. The lowest BCUT2D eigenvalue weighted by Crippen LogP contribution is -2.17. The maximum Gasteiger partial charge on any atom is 0.232 e. The summed E-state index contributed by atoms with van der Waals surface area (Å²) in [6.07, 6.45) is 4.99. The number of fused-ring (bicyclic) bond motifs is 1. The Morgan fingerprint density at radius 1 is 1.21 bits per heavy atom. The van der Waals surface area contributed by atoms with E-state index in [1.807, 2.05) is 25.1 Å². The second-order valence-electron chi connectivity index (χ2n) is 7.85. The third-order valence-electron chi connectivity index (χ3n) is 5.56. The first kappa shape index (κ1) is 22.4. The van der Waals surface area contributed by atoms with Crippen molar-refractivity contribution in [3.8, 4) is 29.0 Å². The predicted molar refractivity (Wildman–Crippen MR) is 127 cm³/mol. The Bertz CT molecular complexity index is 1380. The molecule has 4 aromatic rings. The lowest BCUT2D eigenvalue weighted by molar-refractivity contribution is 0.138. The SMILES string of the molecule is C[C@@H](Oc1ccc2[nH]nc(-c3cnc(O[C@H]4CCOC4)c(C#N)c3)c2c1)c1c(Cl)cncc1Cl. The third kappa shape index (κ3) is 4.38. The summed E-state index contributed by atoms with van der Waals surface area (Å²) in [6.45, 7) is 3.01. The predicted octanol–water partition coefficient (Wildman–Crippen LogP) is 5.51. The van der Waals surface area contributed by atoms with E-state index in [4.69, 9.17) is 37.4 Å². The van der Waals surface area contributed by atoms with Crippen LogP contribution in [0.15, 0.2) is 42.9 Å². The van der Waals surface area contributed by atoms with Crippen molar-refractivity contribution in [1.29, 1.82) is 5.26 Å². The average Bonchev–Trinajstić information content (AvgIpc) is 3.49. The summed E-state index contributed by atoms with van der Waals surface area (Å²) >= 11 is 12.6. The van der Waals surface area contributed by atoms with Gasteiger partial charge in [0.25, 0.3) is 0 Å². The molecule has 1 N–H and O–H groups in total. The Morgan fingerprint density at radius 2 is 2.03 bits per heavy atom. The topological polar surface area (TPSA) is 106 Å². The number of nitriles is 1. The van der Waals surface area contributed by atoms with Crippen molar-refractivity contribution < 1.29 is 14.2 Å². The van der Waals surface area contributed by atoms with Gasteiger partial charge in [-0.25, -0.2) is 4.98 Å². The minimum absolute atomic E-state index is 0.0965. The summed E-state index contributed by atoms with van der Waals surface area (Å²) in [7, 11) is 0. The number of aromatic nitrogens is 4. The van der Waals surface area contributed by atoms with Crippen molar-refractivity contribution in [3.63, 3.8) is 0 Å². The molecule has 0 spiro atoms. The van der Waals surface area contributed by atoms with Crippen LogP contribution < -0.4 is 9.47 Å². The smallest absolute Gasteiger partial charge is 0.232 e. The van der Waals surface area contributed by atoms with E-state index >= 15 is 0 Å². The molecule has 0 saturated carbocycles. The van der Waals surface area contributed by atoms with Gasteiger partial charge >= 0.3 is 0 Å². The van der Waals surface area contributed by atoms with E-state index < -0.39 is 6.10 Å². The molecule has 5 rings (SSSR count). The molecule has 1 aromatic carbocycles. The summed E-state index contributed by atoms with van der Waals surface area (Å²) < 4.78 is 17.3. The first-order valence-electron chi connectivity index (χ1n) is 10.6. The van der Waals surface area contributed by atoms with E-state index in [1.165, 1.54) is 12.4 Å². The van der Waals surface area contributed by atoms with Crippen LogP contribution in [0.3, 0.4) is 0 Å². The molecule has 1 saturated heterocycles. The minimum atomic E-state index is -0.404. The van der Waals surface area contributed by atoms with E-state index in [0.717, 1.165) is 17.3 Å². The highest BCUT2D eigenvalue weighted by atomic mass is 35.5. The zero-order valence-corrected chi connectivity index (χ0v) is 19.6. The lowest BCUT2D eigenvalue weighted by Gasteiger charge is -2.17. The fraction of sp³-hybridized carbons (Fsp3) is 0.250. The molecule has 0 aliphatic carbocycles. The van der Waals surface area contributed by atoms with Gasteiger partial charge in [-0.1, -0.05) is 23.2 Å². The van der Waals surface area contributed by atoms with Gasteiger partial charge in [-0.3, -0.25) is 10.1 Å². The third-order valence-corrected chi connectivity index (χ3v) is 6.16. The average molecular weight is 496 g/mol. The minimum Gasteiger partial charge on any atom is -0.486 e. The Labute approximate surface area is 205 Å². The number of pyridine rings is 2. The maximum atomic E-state index is 9.65. The van der Waals surface area contributed by atoms with Crippen molar-refractivity contribution >= 4 is 34.1 Å². The summed E-state index contributed by atoms with van der Waals surface area (Å²) in [5, 5.41) is 18.8. The summed E-state index contributed by atoms with van der Waals surface area (Å²) in [4.78, 5) is 8.37. The first-order valence-corrected chi connectivity index (χ1v) is 11.4. The van der Waals surface area contributed by atoms with Gasteiger partial charge < -0.3 is 14.2 Å². The largest absolute Gasteiger partial charge is 0.486 e. The lowest BCUT2D eigenvalue weighted by atomic mass is 10.1. The normalized spacial score (nSPS) is 16.4. The van der Waals surface area contributed by atoms with E-state index in [9.17, 15) is 5.26 Å². The molecule has 0 bridgehead atoms. The zero-order valence-electron chi connectivity index (χ0n) is 18.1. The van der Waals surface area contributed by atoms with Crippen LogP contribution in [-0.2, 0) is 4.74 Å². The summed E-state index contributed by atoms with van der Waals surface area (Å²) in [6, 6.07) is 9.47. The molecule has 3 aromatic heterocycles.